The highest BCUT2D eigenvalue weighted by Gasteiger charge is 2.20. The topological polar surface area (TPSA) is 67.4 Å². The molecule has 1 aromatic rings. The third kappa shape index (κ3) is 4.77. The van der Waals surface area contributed by atoms with Gasteiger partial charge in [-0.1, -0.05) is 18.6 Å². The van der Waals surface area contributed by atoms with E-state index in [1.165, 1.54) is 0 Å². The van der Waals surface area contributed by atoms with Gasteiger partial charge in [0.05, 0.1) is 12.9 Å². The van der Waals surface area contributed by atoms with Gasteiger partial charge in [0.2, 0.25) is 10.0 Å². The van der Waals surface area contributed by atoms with Gasteiger partial charge >= 0.3 is 0 Å². The number of hydrogen-bond acceptors (Lipinski definition) is 4. The first kappa shape index (κ1) is 15.3. The Bertz CT molecular complexity index is 525. The van der Waals surface area contributed by atoms with Gasteiger partial charge < -0.3 is 10.1 Å². The minimum atomic E-state index is -3.25. The summed E-state index contributed by atoms with van der Waals surface area (Å²) >= 11 is 0. The number of ether oxygens (including phenoxy) is 1. The molecule has 1 fully saturated rings. The maximum Gasteiger partial charge on any atom is 0.213 e. The molecular weight excluding hydrogens is 276 g/mol. The Morgan fingerprint density at radius 1 is 1.40 bits per heavy atom. The van der Waals surface area contributed by atoms with E-state index in [2.05, 4.69) is 10.0 Å². The van der Waals surface area contributed by atoms with E-state index in [0.717, 1.165) is 37.1 Å². The summed E-state index contributed by atoms with van der Waals surface area (Å²) in [5, 5.41) is 3.25. The zero-order valence-electron chi connectivity index (χ0n) is 11.8. The fourth-order valence-electron chi connectivity index (χ4n) is 2.37. The molecule has 5 nitrogen and oxygen atoms in total. The van der Waals surface area contributed by atoms with Crippen molar-refractivity contribution in [1.29, 1.82) is 0 Å². The second kappa shape index (κ2) is 7.06. The second-order valence-corrected chi connectivity index (χ2v) is 6.95. The Labute approximate surface area is 120 Å². The fourth-order valence-corrected chi connectivity index (χ4v) is 3.68. The summed E-state index contributed by atoms with van der Waals surface area (Å²) in [6.45, 7) is 1.21. The van der Waals surface area contributed by atoms with Crippen molar-refractivity contribution < 1.29 is 13.2 Å². The van der Waals surface area contributed by atoms with Crippen LogP contribution >= 0.6 is 0 Å². The largest absolute Gasteiger partial charge is 0.497 e. The van der Waals surface area contributed by atoms with Gasteiger partial charge in [-0.15, -0.1) is 0 Å². The van der Waals surface area contributed by atoms with Crippen molar-refractivity contribution in [2.45, 2.75) is 31.8 Å². The van der Waals surface area contributed by atoms with E-state index >= 15 is 0 Å². The zero-order chi connectivity index (χ0) is 14.4. The van der Waals surface area contributed by atoms with Crippen molar-refractivity contribution in [2.75, 3.05) is 19.4 Å². The van der Waals surface area contributed by atoms with E-state index < -0.39 is 10.0 Å². The van der Waals surface area contributed by atoms with Gasteiger partial charge in [-0.2, -0.15) is 0 Å². The summed E-state index contributed by atoms with van der Waals surface area (Å²) in [5.41, 5.74) is 0.893. The normalized spacial score (nSPS) is 19.8. The van der Waals surface area contributed by atoms with E-state index in [-0.39, 0.29) is 11.8 Å². The van der Waals surface area contributed by atoms with Gasteiger partial charge in [0.15, 0.2) is 0 Å². The van der Waals surface area contributed by atoms with Crippen LogP contribution in [-0.2, 0) is 16.6 Å². The van der Waals surface area contributed by atoms with Crippen molar-refractivity contribution in [3.05, 3.63) is 29.8 Å². The Hall–Kier alpha value is -1.11. The molecule has 1 heterocycles. The molecule has 1 atom stereocenters. The molecule has 1 aliphatic rings. The molecule has 2 rings (SSSR count). The van der Waals surface area contributed by atoms with E-state index in [1.54, 1.807) is 7.11 Å². The Morgan fingerprint density at radius 2 is 2.25 bits per heavy atom. The van der Waals surface area contributed by atoms with E-state index in [1.807, 2.05) is 24.3 Å². The second-order valence-electron chi connectivity index (χ2n) is 5.10. The van der Waals surface area contributed by atoms with Crippen molar-refractivity contribution in [3.63, 3.8) is 0 Å². The van der Waals surface area contributed by atoms with Gasteiger partial charge in [0.1, 0.15) is 5.75 Å². The molecule has 20 heavy (non-hydrogen) atoms. The lowest BCUT2D eigenvalue weighted by Gasteiger charge is -2.23. The average Bonchev–Trinajstić information content (AvgIpc) is 2.46. The molecule has 1 aliphatic heterocycles. The molecule has 0 aliphatic carbocycles. The highest BCUT2D eigenvalue weighted by Crippen LogP contribution is 2.13. The summed E-state index contributed by atoms with van der Waals surface area (Å²) < 4.78 is 31.9. The first-order valence-corrected chi connectivity index (χ1v) is 8.58. The number of hydrogen-bond donors (Lipinski definition) is 2. The molecule has 1 unspecified atom stereocenters. The summed E-state index contributed by atoms with van der Waals surface area (Å²) in [7, 11) is -1.66. The average molecular weight is 298 g/mol. The molecule has 0 radical (unpaired) electrons. The highest BCUT2D eigenvalue weighted by atomic mass is 32.2. The molecule has 0 amide bonds. The van der Waals surface area contributed by atoms with Crippen molar-refractivity contribution in [3.8, 4) is 5.75 Å². The molecule has 1 aromatic carbocycles. The maximum absolute atomic E-state index is 12.0. The Kier molecular flexibility index (Phi) is 5.39. The first-order valence-electron chi connectivity index (χ1n) is 6.93. The Balaban J connectivity index is 1.87. The van der Waals surface area contributed by atoms with Gasteiger partial charge in [-0.3, -0.25) is 0 Å². The standard InChI is InChI=1S/C14H22N2O3S/c1-19-14-7-4-5-12(9-14)10-16-20(17,18)11-13-6-2-3-8-15-13/h4-5,7,9,13,15-16H,2-3,6,8,10-11H2,1H3. The molecule has 2 N–H and O–H groups in total. The smallest absolute Gasteiger partial charge is 0.213 e. The van der Waals surface area contributed by atoms with Crippen LogP contribution < -0.4 is 14.8 Å². The summed E-state index contributed by atoms with van der Waals surface area (Å²) in [6.07, 6.45) is 3.16. The van der Waals surface area contributed by atoms with E-state index in [9.17, 15) is 8.42 Å². The number of rotatable bonds is 6. The van der Waals surface area contributed by atoms with Crippen molar-refractivity contribution >= 4 is 10.0 Å². The highest BCUT2D eigenvalue weighted by molar-refractivity contribution is 7.89. The molecule has 0 bridgehead atoms. The fraction of sp³-hybridized carbons (Fsp3) is 0.571. The lowest BCUT2D eigenvalue weighted by Crippen LogP contribution is -2.42. The van der Waals surface area contributed by atoms with Crippen molar-refractivity contribution in [1.82, 2.24) is 10.0 Å². The van der Waals surface area contributed by atoms with Gasteiger partial charge in [-0.05, 0) is 37.1 Å². The van der Waals surface area contributed by atoms with Crippen LogP contribution in [0.1, 0.15) is 24.8 Å². The zero-order valence-corrected chi connectivity index (χ0v) is 12.6. The molecule has 1 saturated heterocycles. The minimum absolute atomic E-state index is 0.0755. The molecule has 0 saturated carbocycles. The van der Waals surface area contributed by atoms with Gasteiger partial charge in [0, 0.05) is 12.6 Å². The molecular formula is C14H22N2O3S. The molecule has 0 aromatic heterocycles. The van der Waals surface area contributed by atoms with Gasteiger partial charge in [0.25, 0.3) is 0 Å². The van der Waals surface area contributed by atoms with Crippen LogP contribution in [0.2, 0.25) is 0 Å². The minimum Gasteiger partial charge on any atom is -0.497 e. The first-order chi connectivity index (χ1) is 9.59. The van der Waals surface area contributed by atoms with Crippen LogP contribution in [0.25, 0.3) is 0 Å². The number of methoxy groups -OCH3 is 1. The number of nitrogens with one attached hydrogen (secondary N) is 2. The van der Waals surface area contributed by atoms with Crippen LogP contribution in [0.5, 0.6) is 5.75 Å². The van der Waals surface area contributed by atoms with Crippen LogP contribution in [-0.4, -0.2) is 33.9 Å². The molecule has 0 spiro atoms. The third-order valence-electron chi connectivity index (χ3n) is 3.46. The summed E-state index contributed by atoms with van der Waals surface area (Å²) in [5.74, 6) is 0.882. The molecule has 6 heteroatoms. The number of sulfonamides is 1. The van der Waals surface area contributed by atoms with Crippen LogP contribution in [0.4, 0.5) is 0 Å². The van der Waals surface area contributed by atoms with Crippen LogP contribution in [0.15, 0.2) is 24.3 Å². The quantitative estimate of drug-likeness (QED) is 0.829. The predicted octanol–water partition coefficient (Wildman–Crippen LogP) is 1.26. The number of benzene rings is 1. The van der Waals surface area contributed by atoms with Crippen molar-refractivity contribution in [2.24, 2.45) is 0 Å². The maximum atomic E-state index is 12.0. The Morgan fingerprint density at radius 3 is 2.95 bits per heavy atom. The SMILES string of the molecule is COc1cccc(CNS(=O)(=O)CC2CCCCN2)c1. The van der Waals surface area contributed by atoms with Gasteiger partial charge in [-0.25, -0.2) is 13.1 Å². The predicted molar refractivity (Wildman–Crippen MR) is 79.3 cm³/mol. The van der Waals surface area contributed by atoms with Crippen LogP contribution in [0.3, 0.4) is 0 Å². The van der Waals surface area contributed by atoms with E-state index in [0.29, 0.717) is 6.54 Å². The lowest BCUT2D eigenvalue weighted by molar-refractivity contribution is 0.414. The monoisotopic (exact) mass is 298 g/mol. The number of piperidine rings is 1. The summed E-state index contributed by atoms with van der Waals surface area (Å²) in [4.78, 5) is 0. The van der Waals surface area contributed by atoms with Crippen LogP contribution in [0, 0.1) is 0 Å². The van der Waals surface area contributed by atoms with E-state index in [4.69, 9.17) is 4.74 Å². The third-order valence-corrected chi connectivity index (χ3v) is 4.89. The molecule has 112 valence electrons. The lowest BCUT2D eigenvalue weighted by atomic mass is 10.1. The summed E-state index contributed by atoms with van der Waals surface area (Å²) in [6, 6.07) is 7.48.